The number of rotatable bonds is 5. The highest BCUT2D eigenvalue weighted by atomic mass is 35.5. The molecule has 1 atom stereocenters. The van der Waals surface area contributed by atoms with E-state index in [-0.39, 0.29) is 24.2 Å². The van der Waals surface area contributed by atoms with Gasteiger partial charge in [-0.15, -0.1) is 23.7 Å². The molecular weight excluding hydrogens is 306 g/mol. The molecule has 21 heavy (non-hydrogen) atoms. The molecule has 1 fully saturated rings. The minimum Gasteiger partial charge on any atom is -0.326 e. The second kappa shape index (κ2) is 6.73. The molecule has 1 amide bonds. The Labute approximate surface area is 134 Å². The number of aromatic nitrogens is 1. The van der Waals surface area contributed by atoms with Gasteiger partial charge in [0.25, 0.3) is 0 Å². The first-order chi connectivity index (χ1) is 9.67. The van der Waals surface area contributed by atoms with Gasteiger partial charge in [-0.3, -0.25) is 4.79 Å². The van der Waals surface area contributed by atoms with Gasteiger partial charge in [0.15, 0.2) is 0 Å². The highest BCUT2D eigenvalue weighted by Crippen LogP contribution is 2.43. The molecule has 6 heteroatoms. The molecule has 1 unspecified atom stereocenters. The fourth-order valence-electron chi connectivity index (χ4n) is 2.19. The van der Waals surface area contributed by atoms with Crippen LogP contribution in [0.5, 0.6) is 0 Å². The first-order valence-electron chi connectivity index (χ1n) is 7.03. The number of anilines is 1. The van der Waals surface area contributed by atoms with Crippen molar-refractivity contribution in [2.75, 3.05) is 18.9 Å². The summed E-state index contributed by atoms with van der Waals surface area (Å²) in [5.74, 6) is 0.686. The summed E-state index contributed by atoms with van der Waals surface area (Å²) < 4.78 is 1.16. The van der Waals surface area contributed by atoms with Crippen LogP contribution in [0, 0.1) is 5.92 Å². The zero-order valence-electron chi connectivity index (χ0n) is 12.2. The van der Waals surface area contributed by atoms with E-state index in [1.54, 1.807) is 11.3 Å². The zero-order valence-corrected chi connectivity index (χ0v) is 13.8. The molecule has 2 N–H and O–H groups in total. The van der Waals surface area contributed by atoms with Crippen LogP contribution in [0.1, 0.15) is 30.7 Å². The van der Waals surface area contributed by atoms with E-state index >= 15 is 0 Å². The van der Waals surface area contributed by atoms with E-state index in [9.17, 15) is 4.79 Å². The van der Waals surface area contributed by atoms with Crippen LogP contribution in [0.15, 0.2) is 18.2 Å². The largest absolute Gasteiger partial charge is 0.326 e. The van der Waals surface area contributed by atoms with Crippen LogP contribution in [-0.2, 0) is 4.79 Å². The summed E-state index contributed by atoms with van der Waals surface area (Å²) in [7, 11) is 1.85. The maximum atomic E-state index is 12.0. The standard InChI is InChI=1S/C15H19N3OS.ClH/c1-9(8-16-2)14(19)17-11-5-6-12-13(7-11)20-15(18-12)10-3-4-10;/h5-7,9-10,16H,3-4,8H2,1-2H3,(H,17,19);1H. The van der Waals surface area contributed by atoms with Crippen LogP contribution in [0.4, 0.5) is 5.69 Å². The second-order valence-electron chi connectivity index (χ2n) is 5.46. The quantitative estimate of drug-likeness (QED) is 0.886. The van der Waals surface area contributed by atoms with Crippen LogP contribution in [-0.4, -0.2) is 24.5 Å². The molecule has 0 radical (unpaired) electrons. The molecule has 0 saturated heterocycles. The summed E-state index contributed by atoms with van der Waals surface area (Å²) in [6, 6.07) is 5.96. The summed E-state index contributed by atoms with van der Waals surface area (Å²) in [6.45, 7) is 2.60. The van der Waals surface area contributed by atoms with E-state index in [0.29, 0.717) is 12.5 Å². The summed E-state index contributed by atoms with van der Waals surface area (Å²) >= 11 is 1.75. The number of carbonyl (C=O) groups is 1. The Kier molecular flexibility index (Phi) is 5.19. The monoisotopic (exact) mass is 325 g/mol. The van der Waals surface area contributed by atoms with Gasteiger partial charge in [0, 0.05) is 24.1 Å². The van der Waals surface area contributed by atoms with Crippen molar-refractivity contribution < 1.29 is 4.79 Å². The zero-order chi connectivity index (χ0) is 14.1. The van der Waals surface area contributed by atoms with E-state index < -0.39 is 0 Å². The van der Waals surface area contributed by atoms with Gasteiger partial charge in [-0.2, -0.15) is 0 Å². The van der Waals surface area contributed by atoms with Crippen LogP contribution < -0.4 is 10.6 Å². The first kappa shape index (κ1) is 16.2. The van der Waals surface area contributed by atoms with Crippen molar-refractivity contribution in [3.05, 3.63) is 23.2 Å². The third-order valence-electron chi connectivity index (χ3n) is 3.56. The molecule has 1 aliphatic carbocycles. The number of fused-ring (bicyclic) bond motifs is 1. The Morgan fingerprint density at radius 3 is 2.90 bits per heavy atom. The molecule has 1 saturated carbocycles. The van der Waals surface area contributed by atoms with Crippen molar-refractivity contribution in [2.45, 2.75) is 25.7 Å². The Bertz CT molecular complexity index is 639. The number of nitrogens with one attached hydrogen (secondary N) is 2. The molecule has 3 rings (SSSR count). The van der Waals surface area contributed by atoms with Crippen LogP contribution in [0.25, 0.3) is 10.2 Å². The number of hydrogen-bond acceptors (Lipinski definition) is 4. The fourth-order valence-corrected chi connectivity index (χ4v) is 3.37. The van der Waals surface area contributed by atoms with Gasteiger partial charge in [0.05, 0.1) is 15.2 Å². The maximum Gasteiger partial charge on any atom is 0.228 e. The molecule has 1 aromatic heterocycles. The van der Waals surface area contributed by atoms with E-state index in [4.69, 9.17) is 0 Å². The number of halogens is 1. The predicted molar refractivity (Wildman–Crippen MR) is 90.6 cm³/mol. The number of hydrogen-bond donors (Lipinski definition) is 2. The van der Waals surface area contributed by atoms with Gasteiger partial charge in [-0.1, -0.05) is 6.92 Å². The highest BCUT2D eigenvalue weighted by Gasteiger charge is 2.27. The fraction of sp³-hybridized carbons (Fsp3) is 0.467. The third-order valence-corrected chi connectivity index (χ3v) is 4.74. The highest BCUT2D eigenvalue weighted by molar-refractivity contribution is 7.18. The molecule has 114 valence electrons. The third kappa shape index (κ3) is 3.73. The molecule has 1 heterocycles. The number of thiazole rings is 1. The Balaban J connectivity index is 0.00000161. The summed E-state index contributed by atoms with van der Waals surface area (Å²) in [5, 5.41) is 7.23. The van der Waals surface area contributed by atoms with Crippen LogP contribution in [0.2, 0.25) is 0 Å². The lowest BCUT2D eigenvalue weighted by Crippen LogP contribution is -2.28. The van der Waals surface area contributed by atoms with Gasteiger partial charge in [-0.25, -0.2) is 4.98 Å². The van der Waals surface area contributed by atoms with E-state index in [1.807, 2.05) is 32.2 Å². The second-order valence-corrected chi connectivity index (χ2v) is 6.52. The molecule has 1 aromatic carbocycles. The smallest absolute Gasteiger partial charge is 0.228 e. The molecular formula is C15H20ClN3OS. The van der Waals surface area contributed by atoms with Gasteiger partial charge in [0.2, 0.25) is 5.91 Å². The lowest BCUT2D eigenvalue weighted by atomic mass is 10.1. The SMILES string of the molecule is CNCC(C)C(=O)Nc1ccc2nc(C3CC3)sc2c1.Cl. The van der Waals surface area contributed by atoms with E-state index in [0.717, 1.165) is 15.9 Å². The Hall–Kier alpha value is -1.17. The average Bonchev–Trinajstić information content (AvgIpc) is 3.19. The van der Waals surface area contributed by atoms with Crippen molar-refractivity contribution in [3.8, 4) is 0 Å². The van der Waals surface area contributed by atoms with E-state index in [2.05, 4.69) is 15.6 Å². The molecule has 0 spiro atoms. The van der Waals surface area contributed by atoms with Crippen molar-refractivity contribution >= 4 is 45.6 Å². The lowest BCUT2D eigenvalue weighted by Gasteiger charge is -2.11. The minimum absolute atomic E-state index is 0. The van der Waals surface area contributed by atoms with Crippen LogP contribution >= 0.6 is 23.7 Å². The topological polar surface area (TPSA) is 54.0 Å². The molecule has 0 aliphatic heterocycles. The van der Waals surface area contributed by atoms with Gasteiger partial charge in [-0.05, 0) is 38.1 Å². The molecule has 2 aromatic rings. The average molecular weight is 326 g/mol. The minimum atomic E-state index is -0.0424. The normalized spacial score (nSPS) is 15.5. The lowest BCUT2D eigenvalue weighted by molar-refractivity contribution is -0.119. The maximum absolute atomic E-state index is 12.0. The van der Waals surface area contributed by atoms with Crippen LogP contribution in [0.3, 0.4) is 0 Å². The van der Waals surface area contributed by atoms with Gasteiger partial charge in [0.1, 0.15) is 0 Å². The van der Waals surface area contributed by atoms with Gasteiger partial charge >= 0.3 is 0 Å². The Morgan fingerprint density at radius 2 is 2.24 bits per heavy atom. The van der Waals surface area contributed by atoms with Crippen molar-refractivity contribution in [2.24, 2.45) is 5.92 Å². The molecule has 1 aliphatic rings. The number of nitrogens with zero attached hydrogens (tertiary/aromatic N) is 1. The van der Waals surface area contributed by atoms with Crippen molar-refractivity contribution in [3.63, 3.8) is 0 Å². The van der Waals surface area contributed by atoms with Gasteiger partial charge < -0.3 is 10.6 Å². The van der Waals surface area contributed by atoms with Crippen molar-refractivity contribution in [1.29, 1.82) is 0 Å². The van der Waals surface area contributed by atoms with Crippen molar-refractivity contribution in [1.82, 2.24) is 10.3 Å². The summed E-state index contributed by atoms with van der Waals surface area (Å²) in [4.78, 5) is 16.7. The van der Waals surface area contributed by atoms with E-state index in [1.165, 1.54) is 17.8 Å². The number of carbonyl (C=O) groups excluding carboxylic acids is 1. The summed E-state index contributed by atoms with van der Waals surface area (Å²) in [6.07, 6.45) is 2.54. The Morgan fingerprint density at radius 1 is 1.48 bits per heavy atom. The first-order valence-corrected chi connectivity index (χ1v) is 7.85. The predicted octanol–water partition coefficient (Wildman–Crippen LogP) is 3.39. The number of benzene rings is 1. The number of amides is 1. The molecule has 4 nitrogen and oxygen atoms in total. The molecule has 0 bridgehead atoms. The summed E-state index contributed by atoms with van der Waals surface area (Å²) in [5.41, 5.74) is 1.90.